The third-order valence-electron chi connectivity index (χ3n) is 8.47. The van der Waals surface area contributed by atoms with Crippen LogP contribution < -0.4 is 5.32 Å². The van der Waals surface area contributed by atoms with E-state index in [1.165, 1.54) is 49.0 Å². The largest absolute Gasteiger partial charge is 0.480 e. The van der Waals surface area contributed by atoms with Crippen LogP contribution in [0.5, 0.6) is 0 Å². The topological polar surface area (TPSA) is 92.2 Å². The van der Waals surface area contributed by atoms with Crippen molar-refractivity contribution < 1.29 is 14.7 Å². The van der Waals surface area contributed by atoms with E-state index in [-0.39, 0.29) is 12.3 Å². The molecule has 218 valence electrons. The molecule has 42 heavy (non-hydrogen) atoms. The average Bonchev–Trinajstić information content (AvgIpc) is 3.53. The van der Waals surface area contributed by atoms with Gasteiger partial charge >= 0.3 is 5.97 Å². The summed E-state index contributed by atoms with van der Waals surface area (Å²) in [5, 5.41) is 12.4. The number of hydrogen-bond donors (Lipinski definition) is 2. The van der Waals surface area contributed by atoms with Gasteiger partial charge in [0, 0.05) is 34.8 Å². The maximum absolute atomic E-state index is 12.7. The Labute approximate surface area is 252 Å². The van der Waals surface area contributed by atoms with Crippen LogP contribution >= 0.6 is 11.3 Å². The molecule has 5 rings (SSSR count). The monoisotopic (exact) mass is 581 g/mol. The Kier molecular flexibility index (Phi) is 9.48. The van der Waals surface area contributed by atoms with Crippen molar-refractivity contribution in [3.8, 4) is 22.5 Å². The van der Waals surface area contributed by atoms with E-state index in [1.807, 2.05) is 42.7 Å². The Balaban J connectivity index is 1.19. The number of carbonyl (C=O) groups excluding carboxylic acids is 1. The van der Waals surface area contributed by atoms with E-state index in [0.717, 1.165) is 33.0 Å². The summed E-state index contributed by atoms with van der Waals surface area (Å²) >= 11 is 1.40. The summed E-state index contributed by atoms with van der Waals surface area (Å²) in [7, 11) is 0. The van der Waals surface area contributed by atoms with Gasteiger partial charge in [-0.1, -0.05) is 75.7 Å². The normalized spacial score (nSPS) is 17.6. The number of rotatable bonds is 10. The summed E-state index contributed by atoms with van der Waals surface area (Å²) < 4.78 is 0. The summed E-state index contributed by atoms with van der Waals surface area (Å²) in [6.45, 7) is 6.43. The van der Waals surface area contributed by atoms with Crippen molar-refractivity contribution in [2.24, 2.45) is 5.92 Å². The van der Waals surface area contributed by atoms with Gasteiger partial charge < -0.3 is 10.4 Å². The van der Waals surface area contributed by atoms with Crippen LogP contribution in [0.1, 0.15) is 90.4 Å². The number of thiophene rings is 1. The van der Waals surface area contributed by atoms with Crippen LogP contribution in [0.2, 0.25) is 0 Å². The molecule has 2 aromatic carbocycles. The zero-order valence-corrected chi connectivity index (χ0v) is 25.4. The Morgan fingerprint density at radius 3 is 2.10 bits per heavy atom. The number of hydrogen-bond acceptors (Lipinski definition) is 5. The standard InChI is InChI=1S/C35H39N3O3S/c1-4-23-5-9-25(10-6-23)26-13-15-27(16-14-26)29-20-36-33(37-21-29)28-11-7-24(8-12-28)19-30(35(40)41)38-34(39)32-18-17-31(42-32)22(2)3/h7-8,11-18,20-23,25,30H,4-6,9-10,19H2,1-3H3,(H,38,39)(H,40,41). The summed E-state index contributed by atoms with van der Waals surface area (Å²) in [4.78, 5) is 35.4. The van der Waals surface area contributed by atoms with E-state index >= 15 is 0 Å². The van der Waals surface area contributed by atoms with E-state index in [4.69, 9.17) is 0 Å². The summed E-state index contributed by atoms with van der Waals surface area (Å²) in [6.07, 6.45) is 10.4. The smallest absolute Gasteiger partial charge is 0.326 e. The molecule has 0 radical (unpaired) electrons. The molecule has 1 unspecified atom stereocenters. The van der Waals surface area contributed by atoms with Crippen LogP contribution in [0.4, 0.5) is 0 Å². The predicted octanol–water partition coefficient (Wildman–Crippen LogP) is 8.11. The lowest BCUT2D eigenvalue weighted by Gasteiger charge is -2.28. The molecule has 0 bridgehead atoms. The molecule has 0 spiro atoms. The second-order valence-corrected chi connectivity index (χ2v) is 12.8. The minimum Gasteiger partial charge on any atom is -0.480 e. The maximum Gasteiger partial charge on any atom is 0.326 e. The Hall–Kier alpha value is -3.84. The van der Waals surface area contributed by atoms with Gasteiger partial charge in [-0.05, 0) is 72.3 Å². The zero-order chi connectivity index (χ0) is 29.6. The van der Waals surface area contributed by atoms with E-state index in [1.54, 1.807) is 6.07 Å². The van der Waals surface area contributed by atoms with Crippen LogP contribution in [0, 0.1) is 5.92 Å². The van der Waals surface area contributed by atoms with Crippen molar-refractivity contribution in [1.82, 2.24) is 15.3 Å². The lowest BCUT2D eigenvalue weighted by Crippen LogP contribution is -2.42. The Morgan fingerprint density at radius 1 is 0.881 bits per heavy atom. The lowest BCUT2D eigenvalue weighted by molar-refractivity contribution is -0.139. The van der Waals surface area contributed by atoms with Crippen LogP contribution in [0.15, 0.2) is 73.1 Å². The molecule has 4 aromatic rings. The highest BCUT2D eigenvalue weighted by Crippen LogP contribution is 2.37. The molecule has 1 aliphatic carbocycles. The second kappa shape index (κ2) is 13.4. The summed E-state index contributed by atoms with van der Waals surface area (Å²) in [5.74, 6) is 1.07. The molecule has 1 amide bonds. The molecule has 1 aliphatic rings. The molecule has 1 atom stereocenters. The second-order valence-electron chi connectivity index (χ2n) is 11.7. The van der Waals surface area contributed by atoms with Crippen LogP contribution in [-0.2, 0) is 11.2 Å². The summed E-state index contributed by atoms with van der Waals surface area (Å²) in [6, 6.07) is 19.0. The van der Waals surface area contributed by atoms with Crippen LogP contribution in [0.3, 0.4) is 0 Å². The molecule has 1 fully saturated rings. The number of carboxylic acids is 1. The SMILES string of the molecule is CCC1CCC(c2ccc(-c3cnc(-c4ccc(CC(NC(=O)c5ccc(C(C)C)s5)C(=O)O)cc4)nc3)cc2)CC1. The average molecular weight is 582 g/mol. The van der Waals surface area contributed by atoms with Crippen molar-refractivity contribution in [1.29, 1.82) is 0 Å². The molecule has 2 heterocycles. The van der Waals surface area contributed by atoms with E-state index in [0.29, 0.717) is 22.5 Å². The molecule has 1 saturated carbocycles. The predicted molar refractivity (Wildman–Crippen MR) is 169 cm³/mol. The Bertz CT molecular complexity index is 1490. The van der Waals surface area contributed by atoms with Gasteiger partial charge in [-0.2, -0.15) is 0 Å². The first-order valence-corrected chi connectivity index (χ1v) is 15.8. The van der Waals surface area contributed by atoms with Crippen molar-refractivity contribution in [2.45, 2.75) is 77.2 Å². The van der Waals surface area contributed by atoms with Crippen molar-refractivity contribution >= 4 is 23.2 Å². The van der Waals surface area contributed by atoms with Crippen molar-refractivity contribution in [3.05, 3.63) is 93.9 Å². The minimum absolute atomic E-state index is 0.180. The molecule has 0 saturated heterocycles. The van der Waals surface area contributed by atoms with Gasteiger partial charge in [0.2, 0.25) is 0 Å². The molecular weight excluding hydrogens is 542 g/mol. The highest BCUT2D eigenvalue weighted by molar-refractivity contribution is 7.14. The van der Waals surface area contributed by atoms with Crippen molar-refractivity contribution in [2.75, 3.05) is 0 Å². The first-order chi connectivity index (χ1) is 20.3. The fourth-order valence-electron chi connectivity index (χ4n) is 5.72. The van der Waals surface area contributed by atoms with Gasteiger partial charge in [-0.3, -0.25) is 4.79 Å². The number of nitrogens with one attached hydrogen (secondary N) is 1. The van der Waals surface area contributed by atoms with Crippen LogP contribution in [0.25, 0.3) is 22.5 Å². The Morgan fingerprint density at radius 2 is 1.52 bits per heavy atom. The quantitative estimate of drug-likeness (QED) is 0.197. The molecule has 0 aliphatic heterocycles. The zero-order valence-electron chi connectivity index (χ0n) is 24.5. The highest BCUT2D eigenvalue weighted by atomic mass is 32.1. The van der Waals surface area contributed by atoms with Gasteiger partial charge in [-0.25, -0.2) is 14.8 Å². The van der Waals surface area contributed by atoms with E-state index in [2.05, 4.69) is 60.3 Å². The number of aromatic nitrogens is 2. The maximum atomic E-state index is 12.7. The van der Waals surface area contributed by atoms with E-state index < -0.39 is 12.0 Å². The van der Waals surface area contributed by atoms with Gasteiger partial charge in [-0.15, -0.1) is 11.3 Å². The van der Waals surface area contributed by atoms with Crippen LogP contribution in [-0.4, -0.2) is 33.0 Å². The van der Waals surface area contributed by atoms with E-state index in [9.17, 15) is 14.7 Å². The molecule has 6 nitrogen and oxygen atoms in total. The number of benzene rings is 2. The summed E-state index contributed by atoms with van der Waals surface area (Å²) in [5.41, 5.74) is 5.16. The number of carboxylic acid groups (broad SMARTS) is 1. The molecule has 2 N–H and O–H groups in total. The third-order valence-corrected chi connectivity index (χ3v) is 9.85. The van der Waals surface area contributed by atoms with Gasteiger partial charge in [0.15, 0.2) is 5.82 Å². The lowest BCUT2D eigenvalue weighted by atomic mass is 9.78. The minimum atomic E-state index is -1.07. The fraction of sp³-hybridized carbons (Fsp3) is 0.371. The highest BCUT2D eigenvalue weighted by Gasteiger charge is 2.23. The first-order valence-electron chi connectivity index (χ1n) is 15.0. The fourth-order valence-corrected chi connectivity index (χ4v) is 6.63. The molecule has 2 aromatic heterocycles. The van der Waals surface area contributed by atoms with Gasteiger partial charge in [0.05, 0.1) is 4.88 Å². The van der Waals surface area contributed by atoms with Crippen molar-refractivity contribution in [3.63, 3.8) is 0 Å². The number of nitrogens with zero attached hydrogens (tertiary/aromatic N) is 2. The molecular formula is C35H39N3O3S. The first kappa shape index (κ1) is 29.6. The number of aliphatic carboxylic acids is 1. The third kappa shape index (κ3) is 7.13. The number of carbonyl (C=O) groups is 2. The van der Waals surface area contributed by atoms with Gasteiger partial charge in [0.25, 0.3) is 5.91 Å². The number of amides is 1. The van der Waals surface area contributed by atoms with Gasteiger partial charge in [0.1, 0.15) is 6.04 Å². The molecule has 7 heteroatoms.